The molecule has 0 heterocycles. The Bertz CT molecular complexity index is 424. The van der Waals surface area contributed by atoms with E-state index in [1.165, 1.54) is 0 Å². The van der Waals surface area contributed by atoms with Gasteiger partial charge >= 0.3 is 6.03 Å². The normalized spacial score (nSPS) is 12.0. The number of amides is 2. The smallest absolute Gasteiger partial charge is 0.315 e. The van der Waals surface area contributed by atoms with Gasteiger partial charge in [-0.15, -0.1) is 0 Å². The minimum atomic E-state index is -0.173. The number of carbonyl (C=O) groups excluding carboxylic acids is 1. The van der Waals surface area contributed by atoms with Gasteiger partial charge in [-0.25, -0.2) is 4.79 Å². The lowest BCUT2D eigenvalue weighted by molar-refractivity contribution is 0.234. The van der Waals surface area contributed by atoms with E-state index in [1.54, 1.807) is 0 Å². The summed E-state index contributed by atoms with van der Waals surface area (Å²) in [5.74, 6) is 0. The fraction of sp³-hybridized carbons (Fsp3) is 0.500. The monoisotopic (exact) mass is 328 g/mol. The molecular weight excluding hydrogens is 308 g/mol. The average molecular weight is 329 g/mol. The van der Waals surface area contributed by atoms with Gasteiger partial charge < -0.3 is 15.7 Å². The molecule has 3 N–H and O–H groups in total. The van der Waals surface area contributed by atoms with Gasteiger partial charge in [-0.3, -0.25) is 0 Å². The molecule has 106 valence electrons. The van der Waals surface area contributed by atoms with E-state index >= 15 is 0 Å². The summed E-state index contributed by atoms with van der Waals surface area (Å²) in [6, 6.07) is 5.88. The molecule has 5 heteroatoms. The topological polar surface area (TPSA) is 61.4 Å². The van der Waals surface area contributed by atoms with Crippen LogP contribution >= 0.6 is 15.9 Å². The van der Waals surface area contributed by atoms with Gasteiger partial charge in [-0.05, 0) is 49.9 Å². The molecule has 0 aromatic heterocycles. The quantitative estimate of drug-likeness (QED) is 0.751. The third-order valence-electron chi connectivity index (χ3n) is 2.92. The number of halogens is 1. The fourth-order valence-electron chi connectivity index (χ4n) is 1.78. The molecule has 19 heavy (non-hydrogen) atoms. The van der Waals surface area contributed by atoms with Crippen LogP contribution in [-0.4, -0.2) is 23.8 Å². The zero-order valence-electron chi connectivity index (χ0n) is 11.4. The van der Waals surface area contributed by atoms with Crippen molar-refractivity contribution in [3.8, 4) is 0 Å². The Morgan fingerprint density at radius 3 is 2.84 bits per heavy atom. The molecule has 0 saturated carbocycles. The van der Waals surface area contributed by atoms with Crippen molar-refractivity contribution in [3.63, 3.8) is 0 Å². The van der Waals surface area contributed by atoms with E-state index in [4.69, 9.17) is 5.11 Å². The minimum absolute atomic E-state index is 0.0677. The SMILES string of the molecule is Cc1cc(Br)ccc1CNC(=O)NC(C)CCCO. The van der Waals surface area contributed by atoms with Gasteiger partial charge in [0.2, 0.25) is 0 Å². The average Bonchev–Trinajstić information content (AvgIpc) is 2.35. The predicted molar refractivity (Wildman–Crippen MR) is 80.0 cm³/mol. The molecular formula is C14H21BrN2O2. The molecule has 1 aromatic rings. The van der Waals surface area contributed by atoms with Crippen LogP contribution in [0.15, 0.2) is 22.7 Å². The lowest BCUT2D eigenvalue weighted by atomic mass is 10.1. The van der Waals surface area contributed by atoms with Gasteiger partial charge in [0.25, 0.3) is 0 Å². The number of nitrogens with one attached hydrogen (secondary N) is 2. The van der Waals surface area contributed by atoms with Gasteiger partial charge in [-0.2, -0.15) is 0 Å². The molecule has 4 nitrogen and oxygen atoms in total. The van der Waals surface area contributed by atoms with Crippen LogP contribution in [-0.2, 0) is 6.54 Å². The van der Waals surface area contributed by atoms with Crippen molar-refractivity contribution in [2.45, 2.75) is 39.3 Å². The van der Waals surface area contributed by atoms with Crippen molar-refractivity contribution >= 4 is 22.0 Å². The summed E-state index contributed by atoms with van der Waals surface area (Å²) in [6.07, 6.45) is 1.48. The Kier molecular flexibility index (Phi) is 6.87. The zero-order valence-corrected chi connectivity index (χ0v) is 13.0. The first-order valence-electron chi connectivity index (χ1n) is 6.43. The summed E-state index contributed by atoms with van der Waals surface area (Å²) in [6.45, 7) is 4.62. The van der Waals surface area contributed by atoms with Crippen LogP contribution in [0.3, 0.4) is 0 Å². The Balaban J connectivity index is 2.37. The van der Waals surface area contributed by atoms with Gasteiger partial charge in [0.15, 0.2) is 0 Å². The largest absolute Gasteiger partial charge is 0.396 e. The van der Waals surface area contributed by atoms with Crippen LogP contribution in [0.4, 0.5) is 4.79 Å². The van der Waals surface area contributed by atoms with E-state index in [9.17, 15) is 4.79 Å². The summed E-state index contributed by atoms with van der Waals surface area (Å²) in [5.41, 5.74) is 2.24. The first-order chi connectivity index (χ1) is 9.02. The highest BCUT2D eigenvalue weighted by Crippen LogP contribution is 2.15. The van der Waals surface area contributed by atoms with Crippen molar-refractivity contribution in [2.24, 2.45) is 0 Å². The molecule has 1 aromatic carbocycles. The summed E-state index contributed by atoms with van der Waals surface area (Å²) >= 11 is 3.41. The van der Waals surface area contributed by atoms with E-state index in [1.807, 2.05) is 32.0 Å². The molecule has 0 fully saturated rings. The lowest BCUT2D eigenvalue weighted by Gasteiger charge is -2.14. The third kappa shape index (κ3) is 6.07. The van der Waals surface area contributed by atoms with E-state index in [-0.39, 0.29) is 18.7 Å². The van der Waals surface area contributed by atoms with Crippen LogP contribution in [0.25, 0.3) is 0 Å². The number of benzene rings is 1. The van der Waals surface area contributed by atoms with Crippen molar-refractivity contribution in [3.05, 3.63) is 33.8 Å². The number of urea groups is 1. The maximum absolute atomic E-state index is 11.7. The second-order valence-electron chi connectivity index (χ2n) is 4.66. The van der Waals surface area contributed by atoms with Gasteiger partial charge in [0.1, 0.15) is 0 Å². The van der Waals surface area contributed by atoms with Crippen molar-refractivity contribution < 1.29 is 9.90 Å². The molecule has 2 amide bonds. The van der Waals surface area contributed by atoms with Gasteiger partial charge in [0.05, 0.1) is 0 Å². The summed E-state index contributed by atoms with van der Waals surface area (Å²) in [5, 5.41) is 14.4. The van der Waals surface area contributed by atoms with Crippen molar-refractivity contribution in [1.82, 2.24) is 10.6 Å². The van der Waals surface area contributed by atoms with Crippen LogP contribution in [0.2, 0.25) is 0 Å². The molecule has 0 saturated heterocycles. The van der Waals surface area contributed by atoms with Crippen LogP contribution < -0.4 is 10.6 Å². The Hall–Kier alpha value is -1.07. The van der Waals surface area contributed by atoms with E-state index in [0.29, 0.717) is 13.0 Å². The molecule has 0 aliphatic rings. The standard InChI is InChI=1S/C14H21BrN2O2/c1-10-8-13(15)6-5-12(10)9-16-14(19)17-11(2)4-3-7-18/h5-6,8,11,18H,3-4,7,9H2,1-2H3,(H2,16,17,19). The molecule has 0 bridgehead atoms. The summed E-state index contributed by atoms with van der Waals surface area (Å²) in [7, 11) is 0. The van der Waals surface area contributed by atoms with Gasteiger partial charge in [-0.1, -0.05) is 22.0 Å². The number of hydrogen-bond acceptors (Lipinski definition) is 2. The second kappa shape index (κ2) is 8.17. The van der Waals surface area contributed by atoms with E-state index in [0.717, 1.165) is 22.0 Å². The minimum Gasteiger partial charge on any atom is -0.396 e. The second-order valence-corrected chi connectivity index (χ2v) is 5.58. The zero-order chi connectivity index (χ0) is 14.3. The Labute approximate surface area is 122 Å². The summed E-state index contributed by atoms with van der Waals surface area (Å²) in [4.78, 5) is 11.7. The Morgan fingerprint density at radius 2 is 2.21 bits per heavy atom. The van der Waals surface area contributed by atoms with Crippen LogP contribution in [0, 0.1) is 6.92 Å². The molecule has 0 spiro atoms. The van der Waals surface area contributed by atoms with Crippen LogP contribution in [0.5, 0.6) is 0 Å². The first kappa shape index (κ1) is 16.0. The number of aliphatic hydroxyl groups is 1. The van der Waals surface area contributed by atoms with Gasteiger partial charge in [0, 0.05) is 23.7 Å². The van der Waals surface area contributed by atoms with Crippen LogP contribution in [0.1, 0.15) is 30.9 Å². The van der Waals surface area contributed by atoms with Crippen molar-refractivity contribution in [2.75, 3.05) is 6.61 Å². The first-order valence-corrected chi connectivity index (χ1v) is 7.22. The third-order valence-corrected chi connectivity index (χ3v) is 3.41. The predicted octanol–water partition coefficient (Wildman–Crippen LogP) is 2.72. The number of carbonyl (C=O) groups is 1. The highest BCUT2D eigenvalue weighted by atomic mass is 79.9. The number of hydrogen-bond donors (Lipinski definition) is 3. The molecule has 1 unspecified atom stereocenters. The molecule has 0 aliphatic carbocycles. The maximum atomic E-state index is 11.7. The molecule has 0 aliphatic heterocycles. The highest BCUT2D eigenvalue weighted by Gasteiger charge is 2.07. The number of rotatable bonds is 6. The molecule has 0 radical (unpaired) electrons. The van der Waals surface area contributed by atoms with Crippen molar-refractivity contribution in [1.29, 1.82) is 0 Å². The summed E-state index contributed by atoms with van der Waals surface area (Å²) < 4.78 is 1.04. The molecule has 1 rings (SSSR count). The highest BCUT2D eigenvalue weighted by molar-refractivity contribution is 9.10. The van der Waals surface area contributed by atoms with E-state index in [2.05, 4.69) is 26.6 Å². The number of aryl methyl sites for hydroxylation is 1. The fourth-order valence-corrected chi connectivity index (χ4v) is 2.25. The number of aliphatic hydroxyl groups excluding tert-OH is 1. The maximum Gasteiger partial charge on any atom is 0.315 e. The van der Waals surface area contributed by atoms with E-state index < -0.39 is 0 Å². The Morgan fingerprint density at radius 1 is 1.47 bits per heavy atom. The lowest BCUT2D eigenvalue weighted by Crippen LogP contribution is -2.40. The molecule has 1 atom stereocenters.